The Balaban J connectivity index is 1.44. The van der Waals surface area contributed by atoms with Gasteiger partial charge in [0.25, 0.3) is 0 Å². The van der Waals surface area contributed by atoms with Crippen molar-refractivity contribution >= 4 is 28.4 Å². The highest BCUT2D eigenvalue weighted by Gasteiger charge is 2.29. The van der Waals surface area contributed by atoms with Crippen molar-refractivity contribution in [2.45, 2.75) is 44.1 Å². The van der Waals surface area contributed by atoms with Crippen LogP contribution < -0.4 is 10.6 Å². The molecule has 2 N–H and O–H groups in total. The number of carbonyl (C=O) groups is 2. The summed E-state index contributed by atoms with van der Waals surface area (Å²) in [7, 11) is 0. The lowest BCUT2D eigenvalue weighted by atomic mass is 10.1. The zero-order valence-electron chi connectivity index (χ0n) is 15.1. The Bertz CT molecular complexity index is 799. The fraction of sp³-hybridized carbons (Fsp3) is 0.474. The fourth-order valence-corrected chi connectivity index (χ4v) is 4.11. The average Bonchev–Trinajstić information content (AvgIpc) is 3.18. The number of amides is 3. The zero-order valence-corrected chi connectivity index (χ0v) is 15.9. The van der Waals surface area contributed by atoms with E-state index in [-0.39, 0.29) is 11.9 Å². The molecule has 142 valence electrons. The van der Waals surface area contributed by atoms with E-state index in [2.05, 4.69) is 20.8 Å². The standard InChI is InChI=1S/C19H23N5O2S/c25-16(21-18-23-22-17(27-18)14-8-9-14)15(12-13-6-2-1-3-7-13)20-19(26)24-10-4-5-11-24/h1-3,6-7,14-15H,4-5,8-12H2,(H,20,26)(H,21,23,25)/t15-/m0/s1. The van der Waals surface area contributed by atoms with Crippen molar-refractivity contribution in [1.29, 1.82) is 0 Å². The van der Waals surface area contributed by atoms with Crippen molar-refractivity contribution in [3.63, 3.8) is 0 Å². The van der Waals surface area contributed by atoms with Crippen LogP contribution in [0, 0.1) is 0 Å². The number of nitrogens with one attached hydrogen (secondary N) is 2. The van der Waals surface area contributed by atoms with Gasteiger partial charge in [0.1, 0.15) is 11.0 Å². The van der Waals surface area contributed by atoms with Gasteiger partial charge in [-0.3, -0.25) is 10.1 Å². The second-order valence-corrected chi connectivity index (χ2v) is 8.10. The third-order valence-corrected chi connectivity index (χ3v) is 5.89. The molecule has 7 nitrogen and oxygen atoms in total. The first-order valence-corrected chi connectivity index (χ1v) is 10.2. The van der Waals surface area contributed by atoms with Crippen LogP contribution in [0.5, 0.6) is 0 Å². The first-order chi connectivity index (χ1) is 13.2. The molecule has 1 aliphatic carbocycles. The summed E-state index contributed by atoms with van der Waals surface area (Å²) in [5, 5.41) is 15.4. The van der Waals surface area contributed by atoms with Crippen LogP contribution in [-0.4, -0.2) is 46.2 Å². The van der Waals surface area contributed by atoms with E-state index in [0.717, 1.165) is 49.3 Å². The lowest BCUT2D eigenvalue weighted by molar-refractivity contribution is -0.118. The van der Waals surface area contributed by atoms with E-state index in [9.17, 15) is 9.59 Å². The highest BCUT2D eigenvalue weighted by molar-refractivity contribution is 7.15. The second kappa shape index (κ2) is 8.04. The summed E-state index contributed by atoms with van der Waals surface area (Å²) in [6, 6.07) is 8.87. The summed E-state index contributed by atoms with van der Waals surface area (Å²) in [5.74, 6) is 0.244. The summed E-state index contributed by atoms with van der Waals surface area (Å²) in [5.41, 5.74) is 0.996. The first-order valence-electron chi connectivity index (χ1n) is 9.42. The lowest BCUT2D eigenvalue weighted by Gasteiger charge is -2.22. The largest absolute Gasteiger partial charge is 0.326 e. The van der Waals surface area contributed by atoms with Gasteiger partial charge in [0.15, 0.2) is 0 Å². The summed E-state index contributed by atoms with van der Waals surface area (Å²) < 4.78 is 0. The number of hydrogen-bond donors (Lipinski definition) is 2. The van der Waals surface area contributed by atoms with Gasteiger partial charge in [0.05, 0.1) is 0 Å². The van der Waals surface area contributed by atoms with Crippen molar-refractivity contribution < 1.29 is 9.59 Å². The van der Waals surface area contributed by atoms with Crippen molar-refractivity contribution in [3.05, 3.63) is 40.9 Å². The van der Waals surface area contributed by atoms with E-state index in [1.807, 2.05) is 30.3 Å². The van der Waals surface area contributed by atoms with E-state index in [4.69, 9.17) is 0 Å². The predicted molar refractivity (Wildman–Crippen MR) is 104 cm³/mol. The molecule has 0 unspecified atom stereocenters. The van der Waals surface area contributed by atoms with Crippen LogP contribution in [0.2, 0.25) is 0 Å². The van der Waals surface area contributed by atoms with Crippen molar-refractivity contribution in [2.24, 2.45) is 0 Å². The molecule has 2 heterocycles. The summed E-state index contributed by atoms with van der Waals surface area (Å²) in [6.07, 6.45) is 4.74. The number of nitrogens with zero attached hydrogens (tertiary/aromatic N) is 3. The normalized spacial score (nSPS) is 17.6. The van der Waals surface area contributed by atoms with Gasteiger partial charge in [-0.05, 0) is 31.2 Å². The maximum atomic E-state index is 12.9. The minimum atomic E-state index is -0.659. The molecular formula is C19H23N5O2S. The fourth-order valence-electron chi connectivity index (χ4n) is 3.19. The number of anilines is 1. The molecule has 8 heteroatoms. The lowest BCUT2D eigenvalue weighted by Crippen LogP contribution is -2.49. The van der Waals surface area contributed by atoms with Crippen LogP contribution in [0.3, 0.4) is 0 Å². The SMILES string of the molecule is O=C(Nc1nnc(C2CC2)s1)[C@H](Cc1ccccc1)NC(=O)N1CCCC1. The Morgan fingerprint density at radius 2 is 1.89 bits per heavy atom. The molecule has 0 spiro atoms. The zero-order chi connectivity index (χ0) is 18.6. The van der Waals surface area contributed by atoms with Crippen LogP contribution in [-0.2, 0) is 11.2 Å². The van der Waals surface area contributed by atoms with Gasteiger partial charge >= 0.3 is 6.03 Å². The average molecular weight is 385 g/mol. The maximum Gasteiger partial charge on any atom is 0.318 e. The highest BCUT2D eigenvalue weighted by atomic mass is 32.1. The van der Waals surface area contributed by atoms with E-state index in [0.29, 0.717) is 17.5 Å². The second-order valence-electron chi connectivity index (χ2n) is 7.09. The molecule has 4 rings (SSSR count). The van der Waals surface area contributed by atoms with Gasteiger partial charge in [-0.25, -0.2) is 4.79 Å². The third kappa shape index (κ3) is 4.63. The minimum absolute atomic E-state index is 0.181. The van der Waals surface area contributed by atoms with Gasteiger partial charge in [0, 0.05) is 25.4 Å². The molecule has 2 aromatic rings. The number of likely N-dealkylation sites (tertiary alicyclic amines) is 1. The molecule has 2 aliphatic rings. The topological polar surface area (TPSA) is 87.2 Å². The number of aromatic nitrogens is 2. The number of urea groups is 1. The summed E-state index contributed by atoms with van der Waals surface area (Å²) in [6.45, 7) is 1.49. The van der Waals surface area contributed by atoms with E-state index in [1.165, 1.54) is 11.3 Å². The molecular weight excluding hydrogens is 362 g/mol. The van der Waals surface area contributed by atoms with Crippen LogP contribution in [0.4, 0.5) is 9.93 Å². The smallest absolute Gasteiger partial charge is 0.318 e. The van der Waals surface area contributed by atoms with Crippen molar-refractivity contribution in [2.75, 3.05) is 18.4 Å². The molecule has 0 radical (unpaired) electrons. The predicted octanol–water partition coefficient (Wildman–Crippen LogP) is 2.77. The Hall–Kier alpha value is -2.48. The van der Waals surface area contributed by atoms with Gasteiger partial charge in [-0.15, -0.1) is 10.2 Å². The monoisotopic (exact) mass is 385 g/mol. The van der Waals surface area contributed by atoms with Crippen LogP contribution >= 0.6 is 11.3 Å². The van der Waals surface area contributed by atoms with Gasteiger partial charge in [-0.2, -0.15) is 0 Å². The first kappa shape index (κ1) is 17.9. The van der Waals surface area contributed by atoms with Crippen LogP contribution in [0.1, 0.15) is 42.2 Å². The molecule has 1 atom stereocenters. The number of hydrogen-bond acceptors (Lipinski definition) is 5. The summed E-state index contributed by atoms with van der Waals surface area (Å²) >= 11 is 1.42. The van der Waals surface area contributed by atoms with E-state index < -0.39 is 6.04 Å². The van der Waals surface area contributed by atoms with Gasteiger partial charge in [-0.1, -0.05) is 41.7 Å². The van der Waals surface area contributed by atoms with Crippen LogP contribution in [0.25, 0.3) is 0 Å². The summed E-state index contributed by atoms with van der Waals surface area (Å²) in [4.78, 5) is 27.1. The number of rotatable bonds is 6. The minimum Gasteiger partial charge on any atom is -0.326 e. The molecule has 1 aromatic heterocycles. The molecule has 1 saturated heterocycles. The number of benzene rings is 1. The number of carbonyl (C=O) groups excluding carboxylic acids is 2. The maximum absolute atomic E-state index is 12.9. The Kier molecular flexibility index (Phi) is 5.33. The molecule has 0 bridgehead atoms. The third-order valence-electron chi connectivity index (χ3n) is 4.89. The van der Waals surface area contributed by atoms with Crippen molar-refractivity contribution in [1.82, 2.24) is 20.4 Å². The Morgan fingerprint density at radius 1 is 1.15 bits per heavy atom. The van der Waals surface area contributed by atoms with Gasteiger partial charge < -0.3 is 10.2 Å². The molecule has 1 aliphatic heterocycles. The Labute approximate surface area is 162 Å². The molecule has 2 fully saturated rings. The van der Waals surface area contributed by atoms with E-state index in [1.54, 1.807) is 4.90 Å². The molecule has 1 aromatic carbocycles. The van der Waals surface area contributed by atoms with Crippen LogP contribution in [0.15, 0.2) is 30.3 Å². The molecule has 27 heavy (non-hydrogen) atoms. The van der Waals surface area contributed by atoms with Crippen molar-refractivity contribution in [3.8, 4) is 0 Å². The highest BCUT2D eigenvalue weighted by Crippen LogP contribution is 2.42. The molecule has 3 amide bonds. The quantitative estimate of drug-likeness (QED) is 0.800. The van der Waals surface area contributed by atoms with E-state index >= 15 is 0 Å². The molecule has 1 saturated carbocycles. The van der Waals surface area contributed by atoms with Gasteiger partial charge in [0.2, 0.25) is 11.0 Å². The Morgan fingerprint density at radius 3 is 2.59 bits per heavy atom.